The molecular weight excluding hydrogens is 288 g/mol. The highest BCUT2D eigenvalue weighted by Crippen LogP contribution is 1.88. The van der Waals surface area contributed by atoms with Gasteiger partial charge in [-0.1, -0.05) is 13.8 Å². The molecule has 0 radical (unpaired) electrons. The van der Waals surface area contributed by atoms with Crippen LogP contribution in [0.5, 0.6) is 0 Å². The first-order chi connectivity index (χ1) is 10.6. The summed E-state index contributed by atoms with van der Waals surface area (Å²) in [5, 5.41) is 5.45. The molecule has 7 nitrogen and oxygen atoms in total. The van der Waals surface area contributed by atoms with Crippen molar-refractivity contribution in [2.24, 2.45) is 0 Å². The first kappa shape index (κ1) is 20.5. The molecule has 0 aromatic heterocycles. The summed E-state index contributed by atoms with van der Waals surface area (Å²) in [5.74, 6) is 0.0122. The number of Topliss-reactive ketones (excluding diaryl/α,β-unsaturated/α-hetero) is 1. The van der Waals surface area contributed by atoms with E-state index in [4.69, 9.17) is 9.47 Å². The number of hydrogen-bond donors (Lipinski definition) is 2. The highest BCUT2D eigenvalue weighted by atomic mass is 16.5. The molecule has 0 aromatic rings. The highest BCUT2D eigenvalue weighted by Gasteiger charge is 2.02. The molecule has 7 heteroatoms. The molecule has 0 atom stereocenters. The summed E-state index contributed by atoms with van der Waals surface area (Å²) in [6, 6.07) is 0. The molecule has 2 amide bonds. The summed E-state index contributed by atoms with van der Waals surface area (Å²) in [6.07, 6.45) is 1.94. The molecule has 0 saturated carbocycles. The molecule has 0 fully saturated rings. The normalized spacial score (nSPS) is 10.3. The maximum absolute atomic E-state index is 11.5. The van der Waals surface area contributed by atoms with Crippen LogP contribution >= 0.6 is 0 Å². The summed E-state index contributed by atoms with van der Waals surface area (Å²) in [4.78, 5) is 33.4. The van der Waals surface area contributed by atoms with Gasteiger partial charge in [-0.2, -0.15) is 0 Å². The Bertz CT molecular complexity index is 334. The lowest BCUT2D eigenvalue weighted by Gasteiger charge is -2.07. The van der Waals surface area contributed by atoms with Gasteiger partial charge in [-0.15, -0.1) is 0 Å². The Morgan fingerprint density at radius 3 is 2.18 bits per heavy atom. The molecule has 0 saturated heterocycles. The summed E-state index contributed by atoms with van der Waals surface area (Å²) in [6.45, 7) is 5.84. The number of hydrogen-bond acceptors (Lipinski definition) is 5. The van der Waals surface area contributed by atoms with Crippen molar-refractivity contribution in [2.45, 2.75) is 39.5 Å². The Labute approximate surface area is 132 Å². The average molecular weight is 316 g/mol. The standard InChI is InChI=1S/C15H28N2O5/c1-3-13(18)12-22-11-10-21-9-8-17-15(20)6-5-7-16-14(19)4-2/h3-12H2,1-2H3,(H,16,19)(H,17,20). The molecule has 0 aliphatic heterocycles. The van der Waals surface area contributed by atoms with Gasteiger partial charge >= 0.3 is 0 Å². The van der Waals surface area contributed by atoms with Crippen molar-refractivity contribution in [3.8, 4) is 0 Å². The van der Waals surface area contributed by atoms with Gasteiger partial charge in [-0.05, 0) is 6.42 Å². The monoisotopic (exact) mass is 316 g/mol. The fourth-order valence-electron chi connectivity index (χ4n) is 1.46. The highest BCUT2D eigenvalue weighted by molar-refractivity contribution is 5.79. The minimum atomic E-state index is -0.0564. The van der Waals surface area contributed by atoms with Gasteiger partial charge in [-0.3, -0.25) is 14.4 Å². The molecule has 0 heterocycles. The van der Waals surface area contributed by atoms with E-state index in [2.05, 4.69) is 10.6 Å². The third-order valence-corrected chi connectivity index (χ3v) is 2.82. The van der Waals surface area contributed by atoms with E-state index in [1.165, 1.54) is 0 Å². The molecule has 2 N–H and O–H groups in total. The Hall–Kier alpha value is -1.47. The van der Waals surface area contributed by atoms with Crippen LogP contribution in [-0.4, -0.2) is 57.1 Å². The van der Waals surface area contributed by atoms with E-state index >= 15 is 0 Å². The predicted molar refractivity (Wildman–Crippen MR) is 82.5 cm³/mol. The molecule has 0 rings (SSSR count). The minimum absolute atomic E-state index is 0.00309. The van der Waals surface area contributed by atoms with E-state index in [-0.39, 0.29) is 24.2 Å². The molecule has 0 bridgehead atoms. The van der Waals surface area contributed by atoms with Crippen molar-refractivity contribution < 1.29 is 23.9 Å². The topological polar surface area (TPSA) is 93.7 Å². The maximum Gasteiger partial charge on any atom is 0.220 e. The number of ether oxygens (including phenoxy) is 2. The fourth-order valence-corrected chi connectivity index (χ4v) is 1.46. The zero-order chi connectivity index (χ0) is 16.6. The van der Waals surface area contributed by atoms with Crippen molar-refractivity contribution in [1.29, 1.82) is 0 Å². The van der Waals surface area contributed by atoms with Crippen molar-refractivity contribution in [3.05, 3.63) is 0 Å². The van der Waals surface area contributed by atoms with Gasteiger partial charge in [0, 0.05) is 32.4 Å². The number of nitrogens with one attached hydrogen (secondary N) is 2. The second-order valence-electron chi connectivity index (χ2n) is 4.71. The lowest BCUT2D eigenvalue weighted by atomic mass is 10.3. The van der Waals surface area contributed by atoms with Crippen molar-refractivity contribution in [1.82, 2.24) is 10.6 Å². The zero-order valence-corrected chi connectivity index (χ0v) is 13.6. The Balaban J connectivity index is 3.28. The number of ketones is 1. The van der Waals surface area contributed by atoms with E-state index in [1.807, 2.05) is 0 Å². The first-order valence-corrected chi connectivity index (χ1v) is 7.80. The summed E-state index contributed by atoms with van der Waals surface area (Å²) < 4.78 is 10.4. The van der Waals surface area contributed by atoms with Crippen LogP contribution in [0, 0.1) is 0 Å². The van der Waals surface area contributed by atoms with Crippen LogP contribution < -0.4 is 10.6 Å². The average Bonchev–Trinajstić information content (AvgIpc) is 2.53. The largest absolute Gasteiger partial charge is 0.377 e. The van der Waals surface area contributed by atoms with Crippen LogP contribution in [0.1, 0.15) is 39.5 Å². The van der Waals surface area contributed by atoms with E-state index < -0.39 is 0 Å². The van der Waals surface area contributed by atoms with E-state index in [9.17, 15) is 14.4 Å². The van der Waals surface area contributed by atoms with Crippen molar-refractivity contribution >= 4 is 17.6 Å². The summed E-state index contributed by atoms with van der Waals surface area (Å²) in [5.41, 5.74) is 0. The molecule has 22 heavy (non-hydrogen) atoms. The number of carbonyl (C=O) groups is 3. The second kappa shape index (κ2) is 14.5. The molecular formula is C15H28N2O5. The quantitative estimate of drug-likeness (QED) is 0.453. The smallest absolute Gasteiger partial charge is 0.220 e. The molecule has 128 valence electrons. The zero-order valence-electron chi connectivity index (χ0n) is 13.6. The van der Waals surface area contributed by atoms with Gasteiger partial charge in [0.15, 0.2) is 5.78 Å². The lowest BCUT2D eigenvalue weighted by Crippen LogP contribution is -2.29. The van der Waals surface area contributed by atoms with Crippen LogP contribution in [0.2, 0.25) is 0 Å². The van der Waals surface area contributed by atoms with Crippen LogP contribution in [0.25, 0.3) is 0 Å². The minimum Gasteiger partial charge on any atom is -0.377 e. The Morgan fingerprint density at radius 2 is 1.50 bits per heavy atom. The molecule has 0 aromatic carbocycles. The van der Waals surface area contributed by atoms with Gasteiger partial charge in [0.25, 0.3) is 0 Å². The van der Waals surface area contributed by atoms with E-state index in [0.29, 0.717) is 58.6 Å². The predicted octanol–water partition coefficient (Wildman–Crippen LogP) is 0.421. The van der Waals surface area contributed by atoms with Gasteiger partial charge in [0.05, 0.1) is 19.8 Å². The maximum atomic E-state index is 11.5. The number of carbonyl (C=O) groups excluding carboxylic acids is 3. The van der Waals surface area contributed by atoms with E-state index in [1.54, 1.807) is 13.8 Å². The molecule has 0 aliphatic carbocycles. The van der Waals surface area contributed by atoms with Crippen molar-refractivity contribution in [3.63, 3.8) is 0 Å². The van der Waals surface area contributed by atoms with Crippen LogP contribution in [0.15, 0.2) is 0 Å². The van der Waals surface area contributed by atoms with Crippen molar-refractivity contribution in [2.75, 3.05) is 39.5 Å². The third-order valence-electron chi connectivity index (χ3n) is 2.82. The van der Waals surface area contributed by atoms with Gasteiger partial charge in [0.2, 0.25) is 11.8 Å². The number of rotatable bonds is 14. The van der Waals surface area contributed by atoms with Crippen LogP contribution in [-0.2, 0) is 23.9 Å². The molecule has 0 spiro atoms. The Kier molecular flexibility index (Phi) is 13.5. The summed E-state index contributed by atoms with van der Waals surface area (Å²) in [7, 11) is 0. The molecule has 0 unspecified atom stereocenters. The number of amides is 2. The van der Waals surface area contributed by atoms with Gasteiger partial charge < -0.3 is 20.1 Å². The van der Waals surface area contributed by atoms with Gasteiger partial charge in [-0.25, -0.2) is 0 Å². The van der Waals surface area contributed by atoms with Crippen LogP contribution in [0.3, 0.4) is 0 Å². The van der Waals surface area contributed by atoms with Gasteiger partial charge in [0.1, 0.15) is 6.61 Å². The Morgan fingerprint density at radius 1 is 0.818 bits per heavy atom. The fraction of sp³-hybridized carbons (Fsp3) is 0.800. The SMILES string of the molecule is CCC(=O)COCCOCCNC(=O)CCCNC(=O)CC. The summed E-state index contributed by atoms with van der Waals surface area (Å²) >= 11 is 0. The lowest BCUT2D eigenvalue weighted by molar-refractivity contribution is -0.124. The van der Waals surface area contributed by atoms with Crippen LogP contribution in [0.4, 0.5) is 0 Å². The molecule has 0 aliphatic rings. The second-order valence-corrected chi connectivity index (χ2v) is 4.71. The first-order valence-electron chi connectivity index (χ1n) is 7.80. The third kappa shape index (κ3) is 13.5. The van der Waals surface area contributed by atoms with E-state index in [0.717, 1.165) is 0 Å².